The zero-order chi connectivity index (χ0) is 20.8. The normalized spacial score (nSPS) is 53.1. The molecule has 0 saturated heterocycles. The van der Waals surface area contributed by atoms with E-state index in [2.05, 4.69) is 6.92 Å². The number of alkyl halides is 1. The molecule has 0 spiro atoms. The van der Waals surface area contributed by atoms with Gasteiger partial charge in [0.1, 0.15) is 17.8 Å². The Hall–Kier alpha value is -0.750. The van der Waals surface area contributed by atoms with Gasteiger partial charge in [0.2, 0.25) is 0 Å². The van der Waals surface area contributed by atoms with Crippen LogP contribution in [0.15, 0.2) is 11.6 Å². The van der Waals surface area contributed by atoms with Crippen molar-refractivity contribution in [1.29, 1.82) is 0 Å². The summed E-state index contributed by atoms with van der Waals surface area (Å²) in [5, 5.41) is 31.4. The van der Waals surface area contributed by atoms with E-state index in [1.54, 1.807) is 13.0 Å². The van der Waals surface area contributed by atoms with Gasteiger partial charge >= 0.3 is 0 Å². The minimum Gasteiger partial charge on any atom is -0.388 e. The number of carbonyl (C=O) groups is 2. The number of ketones is 2. The molecule has 7 atom stereocenters. The summed E-state index contributed by atoms with van der Waals surface area (Å²) in [5.74, 6) is -0.587. The highest BCUT2D eigenvalue weighted by Crippen LogP contribution is 2.71. The molecule has 0 amide bonds. The van der Waals surface area contributed by atoms with E-state index in [1.165, 1.54) is 0 Å². The van der Waals surface area contributed by atoms with Crippen molar-refractivity contribution in [2.24, 2.45) is 22.7 Å². The number of aliphatic hydroxyl groups is 3. The minimum atomic E-state index is -1.50. The Balaban J connectivity index is 1.76. The maximum Gasteiger partial charge on any atom is 0.190 e. The summed E-state index contributed by atoms with van der Waals surface area (Å²) in [6.07, 6.45) is 5.70. The maximum absolute atomic E-state index is 12.4. The molecule has 0 bridgehead atoms. The smallest absolute Gasteiger partial charge is 0.190 e. The second-order valence-electron chi connectivity index (χ2n) is 10.3. The van der Waals surface area contributed by atoms with Crippen LogP contribution in [0.3, 0.4) is 0 Å². The molecule has 156 valence electrons. The summed E-state index contributed by atoms with van der Waals surface area (Å²) in [6, 6.07) is 0. The predicted molar refractivity (Wildman–Crippen MR) is 105 cm³/mol. The molecule has 0 aromatic heterocycles. The Morgan fingerprint density at radius 3 is 2.46 bits per heavy atom. The fourth-order valence-corrected chi connectivity index (χ4v) is 7.94. The lowest BCUT2D eigenvalue weighted by Crippen LogP contribution is -2.65. The van der Waals surface area contributed by atoms with E-state index in [9.17, 15) is 24.9 Å². The van der Waals surface area contributed by atoms with Crippen molar-refractivity contribution >= 4 is 23.2 Å². The van der Waals surface area contributed by atoms with Crippen LogP contribution in [-0.2, 0) is 9.59 Å². The van der Waals surface area contributed by atoms with Crippen LogP contribution in [0.2, 0.25) is 0 Å². The molecular weight excluding hydrogens is 380 g/mol. The van der Waals surface area contributed by atoms with E-state index in [0.29, 0.717) is 32.1 Å². The van der Waals surface area contributed by atoms with Crippen molar-refractivity contribution in [1.82, 2.24) is 0 Å². The number of carbonyl (C=O) groups excluding carboxylic acids is 2. The second-order valence-corrected chi connectivity index (χ2v) is 11.0. The molecule has 4 rings (SSSR count). The first kappa shape index (κ1) is 20.5. The molecular formula is C22H31ClO5. The molecule has 3 N–H and O–H groups in total. The van der Waals surface area contributed by atoms with Gasteiger partial charge in [-0.1, -0.05) is 19.4 Å². The van der Waals surface area contributed by atoms with Gasteiger partial charge in [-0.2, -0.15) is 0 Å². The van der Waals surface area contributed by atoms with E-state index in [0.717, 1.165) is 18.4 Å². The molecule has 28 heavy (non-hydrogen) atoms. The number of fused-ring (bicyclic) bond motifs is 5. The lowest BCUT2D eigenvalue weighted by atomic mass is 9.45. The zero-order valence-corrected chi connectivity index (χ0v) is 17.7. The highest BCUT2D eigenvalue weighted by atomic mass is 35.5. The third kappa shape index (κ3) is 2.25. The van der Waals surface area contributed by atoms with Crippen LogP contribution in [0.4, 0.5) is 0 Å². The van der Waals surface area contributed by atoms with Crippen LogP contribution in [-0.4, -0.2) is 49.6 Å². The molecule has 6 heteroatoms. The lowest BCUT2D eigenvalue weighted by Gasteiger charge is -2.64. The van der Waals surface area contributed by atoms with E-state index >= 15 is 0 Å². The first-order valence-corrected chi connectivity index (χ1v) is 10.8. The average molecular weight is 411 g/mol. The van der Waals surface area contributed by atoms with E-state index in [-0.39, 0.29) is 17.6 Å². The Morgan fingerprint density at radius 2 is 1.82 bits per heavy atom. The Kier molecular flexibility index (Phi) is 4.33. The Bertz CT molecular complexity index is 775. The van der Waals surface area contributed by atoms with Crippen molar-refractivity contribution in [3.8, 4) is 0 Å². The van der Waals surface area contributed by atoms with Crippen LogP contribution < -0.4 is 0 Å². The number of hydrogen-bond acceptors (Lipinski definition) is 5. The van der Waals surface area contributed by atoms with Gasteiger partial charge in [0.25, 0.3) is 0 Å². The largest absolute Gasteiger partial charge is 0.388 e. The number of hydrogen-bond donors (Lipinski definition) is 3. The van der Waals surface area contributed by atoms with Gasteiger partial charge in [-0.15, -0.1) is 11.6 Å². The number of aliphatic hydroxyl groups excluding tert-OH is 1. The van der Waals surface area contributed by atoms with Gasteiger partial charge in [-0.3, -0.25) is 9.59 Å². The fourth-order valence-electron chi connectivity index (χ4n) is 7.40. The monoisotopic (exact) mass is 410 g/mol. The number of allylic oxidation sites excluding steroid dienone is 1. The average Bonchev–Trinajstić information content (AvgIpc) is 2.89. The SMILES string of the molecule is CC1(O)C[C@@]2(C)C(=CC1=O)CC[C@H]1[C@@H]3CC[C@](O)(C(=O)CO)[C@@]3(C)CC[C@@]12Cl. The van der Waals surface area contributed by atoms with Gasteiger partial charge < -0.3 is 15.3 Å². The standard InChI is InChI=1S/C22H31ClO5/c1-18-8-9-21(23)15(14(18)6-7-22(18,28)17(26)11-24)5-4-13-10-16(25)20(3,27)12-19(13,21)2/h10,14-15,24,27-28H,4-9,11-12H2,1-3H3/t14-,15-,18-,19-,20?,21+,22-/m0/s1. The highest BCUT2D eigenvalue weighted by Gasteiger charge is 2.71. The molecule has 1 unspecified atom stereocenters. The summed E-state index contributed by atoms with van der Waals surface area (Å²) in [7, 11) is 0. The number of halogens is 1. The molecule has 0 aromatic carbocycles. The summed E-state index contributed by atoms with van der Waals surface area (Å²) in [4.78, 5) is 24.2. The van der Waals surface area contributed by atoms with Crippen LogP contribution in [0, 0.1) is 22.7 Å². The number of Topliss-reactive ketones (excluding diaryl/α,β-unsaturated/α-hetero) is 1. The fraction of sp³-hybridized carbons (Fsp3) is 0.818. The molecule has 5 nitrogen and oxygen atoms in total. The van der Waals surface area contributed by atoms with Crippen LogP contribution in [0.5, 0.6) is 0 Å². The quantitative estimate of drug-likeness (QED) is 0.608. The topological polar surface area (TPSA) is 94.8 Å². The van der Waals surface area contributed by atoms with Crippen LogP contribution in [0.1, 0.15) is 65.7 Å². The number of rotatable bonds is 2. The summed E-state index contributed by atoms with van der Waals surface area (Å²) >= 11 is 7.42. The molecule has 3 saturated carbocycles. The first-order chi connectivity index (χ1) is 12.9. The van der Waals surface area contributed by atoms with Gasteiger partial charge in [-0.25, -0.2) is 0 Å². The molecule has 0 radical (unpaired) electrons. The van der Waals surface area contributed by atoms with E-state index < -0.39 is 39.3 Å². The predicted octanol–water partition coefficient (Wildman–Crippen LogP) is 2.53. The van der Waals surface area contributed by atoms with Crippen molar-refractivity contribution in [3.05, 3.63) is 11.6 Å². The summed E-state index contributed by atoms with van der Waals surface area (Å²) in [5.41, 5.74) is -3.02. The van der Waals surface area contributed by atoms with Crippen LogP contribution >= 0.6 is 11.6 Å². The van der Waals surface area contributed by atoms with Crippen molar-refractivity contribution < 1.29 is 24.9 Å². The van der Waals surface area contributed by atoms with Gasteiger partial charge in [0, 0.05) is 10.8 Å². The van der Waals surface area contributed by atoms with Crippen molar-refractivity contribution in [2.45, 2.75) is 81.8 Å². The maximum atomic E-state index is 12.4. The molecule has 0 aromatic rings. The molecule has 0 heterocycles. The Labute approximate surface area is 171 Å². The van der Waals surface area contributed by atoms with Crippen molar-refractivity contribution in [2.75, 3.05) is 6.61 Å². The van der Waals surface area contributed by atoms with Crippen LogP contribution in [0.25, 0.3) is 0 Å². The molecule has 4 aliphatic carbocycles. The second kappa shape index (κ2) is 5.90. The van der Waals surface area contributed by atoms with E-state index in [1.807, 2.05) is 6.92 Å². The van der Waals surface area contributed by atoms with Gasteiger partial charge in [0.05, 0.1) is 4.87 Å². The summed E-state index contributed by atoms with van der Waals surface area (Å²) < 4.78 is 0. The summed E-state index contributed by atoms with van der Waals surface area (Å²) in [6.45, 7) is 4.97. The lowest BCUT2D eigenvalue weighted by molar-refractivity contribution is -0.164. The third-order valence-corrected chi connectivity index (χ3v) is 10.0. The first-order valence-electron chi connectivity index (χ1n) is 10.4. The molecule has 4 aliphatic rings. The highest BCUT2D eigenvalue weighted by molar-refractivity contribution is 6.25. The third-order valence-electron chi connectivity index (χ3n) is 9.15. The van der Waals surface area contributed by atoms with Crippen molar-refractivity contribution in [3.63, 3.8) is 0 Å². The van der Waals surface area contributed by atoms with E-state index in [4.69, 9.17) is 11.6 Å². The van der Waals surface area contributed by atoms with Gasteiger partial charge in [0.15, 0.2) is 11.6 Å². The Morgan fingerprint density at radius 1 is 1.14 bits per heavy atom. The molecule has 0 aliphatic heterocycles. The minimum absolute atomic E-state index is 0.0696. The molecule has 3 fully saturated rings. The zero-order valence-electron chi connectivity index (χ0n) is 16.9. The van der Waals surface area contributed by atoms with Gasteiger partial charge in [-0.05, 0) is 69.8 Å².